The predicted octanol–water partition coefficient (Wildman–Crippen LogP) is 2.52. The van der Waals surface area contributed by atoms with Crippen molar-refractivity contribution in [3.63, 3.8) is 0 Å². The van der Waals surface area contributed by atoms with E-state index in [2.05, 4.69) is 15.2 Å². The van der Waals surface area contributed by atoms with Crippen molar-refractivity contribution < 1.29 is 13.9 Å². The van der Waals surface area contributed by atoms with Crippen molar-refractivity contribution in [1.82, 2.24) is 10.3 Å². The van der Waals surface area contributed by atoms with Crippen LogP contribution in [0.1, 0.15) is 18.4 Å². The first-order valence-corrected chi connectivity index (χ1v) is 8.06. The summed E-state index contributed by atoms with van der Waals surface area (Å²) in [4.78, 5) is 18.5. The minimum Gasteiger partial charge on any atom is -0.481 e. The normalized spacial score (nSPS) is 13.8. The maximum Gasteiger partial charge on any atom is 0.258 e. The van der Waals surface area contributed by atoms with Crippen LogP contribution in [0.25, 0.3) is 0 Å². The molecule has 24 heavy (non-hydrogen) atoms. The lowest BCUT2D eigenvalue weighted by atomic mass is 10.2. The van der Waals surface area contributed by atoms with Crippen molar-refractivity contribution >= 4 is 11.7 Å². The van der Waals surface area contributed by atoms with E-state index in [0.29, 0.717) is 6.54 Å². The molecular formula is C18H20FN3O2. The van der Waals surface area contributed by atoms with E-state index < -0.39 is 5.82 Å². The number of ether oxygens (including phenoxy) is 1. The highest BCUT2D eigenvalue weighted by Gasteiger charge is 2.13. The molecule has 2 aromatic rings. The van der Waals surface area contributed by atoms with E-state index in [9.17, 15) is 9.18 Å². The monoisotopic (exact) mass is 329 g/mol. The molecule has 126 valence electrons. The highest BCUT2D eigenvalue weighted by molar-refractivity contribution is 5.77. The molecule has 1 fully saturated rings. The fraction of sp³-hybridized carbons (Fsp3) is 0.333. The summed E-state index contributed by atoms with van der Waals surface area (Å²) in [5, 5.41) is 2.77. The van der Waals surface area contributed by atoms with Gasteiger partial charge in [-0.3, -0.25) is 4.79 Å². The molecule has 0 spiro atoms. The summed E-state index contributed by atoms with van der Waals surface area (Å²) >= 11 is 0. The number of amides is 1. The first kappa shape index (κ1) is 16.2. The summed E-state index contributed by atoms with van der Waals surface area (Å²) in [5.74, 6) is 0.252. The smallest absolute Gasteiger partial charge is 0.258 e. The van der Waals surface area contributed by atoms with E-state index in [0.717, 1.165) is 24.5 Å². The number of rotatable bonds is 6. The summed E-state index contributed by atoms with van der Waals surface area (Å²) in [6, 6.07) is 9.88. The van der Waals surface area contributed by atoms with Crippen LogP contribution in [-0.4, -0.2) is 30.6 Å². The second-order valence-electron chi connectivity index (χ2n) is 5.71. The predicted molar refractivity (Wildman–Crippen MR) is 89.4 cm³/mol. The van der Waals surface area contributed by atoms with Gasteiger partial charge in [0, 0.05) is 25.8 Å². The van der Waals surface area contributed by atoms with Gasteiger partial charge in [0.05, 0.1) is 0 Å². The zero-order valence-electron chi connectivity index (χ0n) is 13.4. The highest BCUT2D eigenvalue weighted by Crippen LogP contribution is 2.18. The van der Waals surface area contributed by atoms with Gasteiger partial charge in [-0.05, 0) is 42.7 Å². The van der Waals surface area contributed by atoms with Crippen molar-refractivity contribution in [1.29, 1.82) is 0 Å². The van der Waals surface area contributed by atoms with E-state index in [1.807, 2.05) is 12.1 Å². The van der Waals surface area contributed by atoms with Crippen LogP contribution in [-0.2, 0) is 11.3 Å². The van der Waals surface area contributed by atoms with Gasteiger partial charge in [0.2, 0.25) is 0 Å². The average Bonchev–Trinajstić information content (AvgIpc) is 3.14. The lowest BCUT2D eigenvalue weighted by Crippen LogP contribution is -2.28. The van der Waals surface area contributed by atoms with Crippen LogP contribution >= 0.6 is 0 Å². The number of benzene rings is 1. The Morgan fingerprint density at radius 2 is 2.04 bits per heavy atom. The van der Waals surface area contributed by atoms with Gasteiger partial charge in [-0.15, -0.1) is 0 Å². The Balaban J connectivity index is 1.49. The van der Waals surface area contributed by atoms with E-state index in [-0.39, 0.29) is 18.3 Å². The van der Waals surface area contributed by atoms with Gasteiger partial charge >= 0.3 is 0 Å². The molecule has 1 saturated heterocycles. The van der Waals surface area contributed by atoms with Gasteiger partial charge in [0.15, 0.2) is 18.2 Å². The number of nitrogens with zero attached hydrogens (tertiary/aromatic N) is 2. The fourth-order valence-corrected chi connectivity index (χ4v) is 2.65. The number of para-hydroxylation sites is 1. The Morgan fingerprint density at radius 1 is 1.25 bits per heavy atom. The van der Waals surface area contributed by atoms with Gasteiger partial charge in [-0.25, -0.2) is 9.37 Å². The number of hydrogen-bond acceptors (Lipinski definition) is 4. The zero-order valence-corrected chi connectivity index (χ0v) is 13.4. The molecule has 0 bridgehead atoms. The number of carbonyl (C=O) groups excluding carboxylic acids is 1. The maximum atomic E-state index is 13.4. The lowest BCUT2D eigenvalue weighted by molar-refractivity contribution is -0.123. The van der Waals surface area contributed by atoms with Crippen LogP contribution in [0.15, 0.2) is 42.6 Å². The zero-order chi connectivity index (χ0) is 16.8. The number of nitrogens with one attached hydrogen (secondary N) is 1. The number of halogens is 1. The minimum absolute atomic E-state index is 0.0767. The highest BCUT2D eigenvalue weighted by atomic mass is 19.1. The van der Waals surface area contributed by atoms with Crippen LogP contribution in [0.4, 0.5) is 10.2 Å². The van der Waals surface area contributed by atoms with Crippen LogP contribution in [0.2, 0.25) is 0 Å². The first-order chi connectivity index (χ1) is 11.7. The van der Waals surface area contributed by atoms with Crippen molar-refractivity contribution in [3.8, 4) is 5.75 Å². The Morgan fingerprint density at radius 3 is 2.83 bits per heavy atom. The molecule has 5 nitrogen and oxygen atoms in total. The fourth-order valence-electron chi connectivity index (χ4n) is 2.65. The van der Waals surface area contributed by atoms with Crippen molar-refractivity contribution in [2.24, 2.45) is 0 Å². The van der Waals surface area contributed by atoms with Gasteiger partial charge in [-0.1, -0.05) is 12.1 Å². The number of aromatic nitrogens is 1. The lowest BCUT2D eigenvalue weighted by Gasteiger charge is -2.17. The third-order valence-corrected chi connectivity index (χ3v) is 3.93. The van der Waals surface area contributed by atoms with Crippen molar-refractivity contribution in [3.05, 3.63) is 54.0 Å². The topological polar surface area (TPSA) is 54.5 Å². The van der Waals surface area contributed by atoms with Crippen molar-refractivity contribution in [2.45, 2.75) is 19.4 Å². The summed E-state index contributed by atoms with van der Waals surface area (Å²) < 4.78 is 18.6. The molecule has 1 aromatic carbocycles. The molecule has 1 aliphatic rings. The largest absolute Gasteiger partial charge is 0.481 e. The summed E-state index contributed by atoms with van der Waals surface area (Å²) in [5.41, 5.74) is 0.978. The SMILES string of the molecule is O=C(COc1ccccc1F)NCc1ccnc(N2CCCC2)c1. The van der Waals surface area contributed by atoms with Gasteiger partial charge in [0.25, 0.3) is 5.91 Å². The second kappa shape index (κ2) is 7.77. The Labute approximate surface area is 140 Å². The molecule has 0 atom stereocenters. The summed E-state index contributed by atoms with van der Waals surface area (Å²) in [7, 11) is 0. The van der Waals surface area contributed by atoms with E-state index >= 15 is 0 Å². The summed E-state index contributed by atoms with van der Waals surface area (Å²) in [6.07, 6.45) is 4.14. The molecule has 1 N–H and O–H groups in total. The molecule has 1 aromatic heterocycles. The van der Waals surface area contributed by atoms with E-state index in [1.165, 1.54) is 25.0 Å². The van der Waals surface area contributed by atoms with Crippen LogP contribution in [0, 0.1) is 5.82 Å². The average molecular weight is 329 g/mol. The molecular weight excluding hydrogens is 309 g/mol. The summed E-state index contributed by atoms with van der Waals surface area (Å²) in [6.45, 7) is 2.23. The second-order valence-corrected chi connectivity index (χ2v) is 5.71. The Kier molecular flexibility index (Phi) is 5.25. The Hall–Kier alpha value is -2.63. The Bertz CT molecular complexity index is 702. The quantitative estimate of drug-likeness (QED) is 0.885. The van der Waals surface area contributed by atoms with Gasteiger partial charge in [0.1, 0.15) is 5.82 Å². The maximum absolute atomic E-state index is 13.4. The van der Waals surface area contributed by atoms with Crippen LogP contribution in [0.3, 0.4) is 0 Å². The standard InChI is InChI=1S/C18H20FN3O2/c19-15-5-1-2-6-16(15)24-13-18(23)21-12-14-7-8-20-17(11-14)22-9-3-4-10-22/h1-2,5-8,11H,3-4,9-10,12-13H2,(H,21,23). The number of hydrogen-bond donors (Lipinski definition) is 1. The number of pyridine rings is 1. The molecule has 0 radical (unpaired) electrons. The molecule has 6 heteroatoms. The third kappa shape index (κ3) is 4.22. The first-order valence-electron chi connectivity index (χ1n) is 8.06. The molecule has 3 rings (SSSR count). The molecule has 2 heterocycles. The molecule has 1 amide bonds. The van der Waals surface area contributed by atoms with Gasteiger partial charge in [-0.2, -0.15) is 0 Å². The molecule has 0 aliphatic carbocycles. The van der Waals surface area contributed by atoms with E-state index in [4.69, 9.17) is 4.74 Å². The van der Waals surface area contributed by atoms with Crippen molar-refractivity contribution in [2.75, 3.05) is 24.6 Å². The number of carbonyl (C=O) groups is 1. The molecule has 0 saturated carbocycles. The van der Waals surface area contributed by atoms with Crippen LogP contribution in [0.5, 0.6) is 5.75 Å². The van der Waals surface area contributed by atoms with Gasteiger partial charge < -0.3 is 15.0 Å². The number of anilines is 1. The molecule has 1 aliphatic heterocycles. The third-order valence-electron chi connectivity index (χ3n) is 3.93. The van der Waals surface area contributed by atoms with E-state index in [1.54, 1.807) is 18.3 Å². The molecule has 0 unspecified atom stereocenters. The van der Waals surface area contributed by atoms with Crippen LogP contribution < -0.4 is 15.0 Å². The minimum atomic E-state index is -0.477.